The first kappa shape index (κ1) is 17.6. The fourth-order valence-electron chi connectivity index (χ4n) is 3.49. The molecule has 1 aromatic heterocycles. The van der Waals surface area contributed by atoms with Crippen LogP contribution in [0.25, 0.3) is 16.8 Å². The van der Waals surface area contributed by atoms with E-state index in [0.29, 0.717) is 0 Å². The Balaban J connectivity index is 1.33. The number of fused-ring (bicyclic) bond motifs is 1. The van der Waals surface area contributed by atoms with Crippen LogP contribution in [0, 0.1) is 0 Å². The van der Waals surface area contributed by atoms with Gasteiger partial charge in [-0.3, -0.25) is 9.91 Å². The van der Waals surface area contributed by atoms with Gasteiger partial charge < -0.3 is 4.42 Å². The van der Waals surface area contributed by atoms with Crippen molar-refractivity contribution >= 4 is 23.1 Å². The van der Waals surface area contributed by atoms with Gasteiger partial charge in [-0.1, -0.05) is 42.5 Å². The summed E-state index contributed by atoms with van der Waals surface area (Å²) in [7, 11) is 0. The van der Waals surface area contributed by atoms with Gasteiger partial charge in [0.15, 0.2) is 0 Å². The van der Waals surface area contributed by atoms with E-state index in [9.17, 15) is 0 Å². The van der Waals surface area contributed by atoms with E-state index in [1.165, 1.54) is 16.3 Å². The zero-order chi connectivity index (χ0) is 18.5. The van der Waals surface area contributed by atoms with E-state index >= 15 is 0 Å². The SMILES string of the molecule is CC(=C/c1ccco1)/C=N/N1CCN(Cc2cccc3ccccc23)CC1. The molecular weight excluding hydrogens is 334 g/mol. The third-order valence-corrected chi connectivity index (χ3v) is 4.96. The molecule has 0 amide bonds. The third-order valence-electron chi connectivity index (χ3n) is 4.96. The molecule has 2 heterocycles. The van der Waals surface area contributed by atoms with Gasteiger partial charge in [0.2, 0.25) is 0 Å². The maximum Gasteiger partial charge on any atom is 0.126 e. The molecule has 1 aliphatic heterocycles. The molecule has 0 radical (unpaired) electrons. The first-order valence-corrected chi connectivity index (χ1v) is 9.48. The lowest BCUT2D eigenvalue weighted by Crippen LogP contribution is -2.43. The normalized spacial score (nSPS) is 16.5. The van der Waals surface area contributed by atoms with Crippen molar-refractivity contribution in [3.05, 3.63) is 77.8 Å². The van der Waals surface area contributed by atoms with Crippen LogP contribution in [-0.2, 0) is 6.54 Å². The van der Waals surface area contributed by atoms with Gasteiger partial charge >= 0.3 is 0 Å². The number of nitrogens with zero attached hydrogens (tertiary/aromatic N) is 3. The zero-order valence-corrected chi connectivity index (χ0v) is 15.7. The first-order chi connectivity index (χ1) is 13.3. The van der Waals surface area contributed by atoms with Crippen molar-refractivity contribution in [2.75, 3.05) is 26.2 Å². The van der Waals surface area contributed by atoms with E-state index < -0.39 is 0 Å². The molecular formula is C23H25N3O. The van der Waals surface area contributed by atoms with Gasteiger partial charge in [-0.2, -0.15) is 5.10 Å². The maximum atomic E-state index is 5.34. The molecule has 4 rings (SSSR count). The van der Waals surface area contributed by atoms with Crippen molar-refractivity contribution in [1.82, 2.24) is 9.91 Å². The summed E-state index contributed by atoms with van der Waals surface area (Å²) < 4.78 is 5.34. The van der Waals surface area contributed by atoms with E-state index in [1.54, 1.807) is 6.26 Å². The monoisotopic (exact) mass is 359 g/mol. The zero-order valence-electron chi connectivity index (χ0n) is 15.7. The quantitative estimate of drug-likeness (QED) is 0.622. The molecule has 27 heavy (non-hydrogen) atoms. The Labute approximate surface area is 160 Å². The van der Waals surface area contributed by atoms with E-state index in [1.807, 2.05) is 31.3 Å². The molecule has 1 saturated heterocycles. The largest absolute Gasteiger partial charge is 0.465 e. The number of benzene rings is 2. The van der Waals surface area contributed by atoms with Crippen molar-refractivity contribution in [2.24, 2.45) is 5.10 Å². The van der Waals surface area contributed by atoms with Gasteiger partial charge in [-0.15, -0.1) is 0 Å². The second kappa shape index (κ2) is 8.23. The van der Waals surface area contributed by atoms with Crippen LogP contribution in [0.1, 0.15) is 18.2 Å². The number of furan rings is 1. The summed E-state index contributed by atoms with van der Waals surface area (Å²) in [5.74, 6) is 0.860. The third kappa shape index (κ3) is 4.47. The van der Waals surface area contributed by atoms with E-state index in [4.69, 9.17) is 4.42 Å². The second-order valence-corrected chi connectivity index (χ2v) is 7.02. The van der Waals surface area contributed by atoms with Gasteiger partial charge in [0.1, 0.15) is 5.76 Å². The highest BCUT2D eigenvalue weighted by atomic mass is 16.3. The predicted octanol–water partition coefficient (Wildman–Crippen LogP) is 4.64. The van der Waals surface area contributed by atoms with Crippen molar-refractivity contribution in [3.63, 3.8) is 0 Å². The molecule has 0 N–H and O–H groups in total. The lowest BCUT2D eigenvalue weighted by molar-refractivity contribution is 0.131. The van der Waals surface area contributed by atoms with Crippen molar-refractivity contribution < 1.29 is 4.42 Å². The molecule has 1 aliphatic rings. The number of hydrogen-bond donors (Lipinski definition) is 0. The van der Waals surface area contributed by atoms with Gasteiger partial charge in [-0.25, -0.2) is 0 Å². The van der Waals surface area contributed by atoms with Crippen LogP contribution in [-0.4, -0.2) is 42.3 Å². The Morgan fingerprint density at radius 3 is 2.63 bits per heavy atom. The molecule has 4 nitrogen and oxygen atoms in total. The number of piperazine rings is 1. The number of rotatable bonds is 5. The topological polar surface area (TPSA) is 32.0 Å². The lowest BCUT2D eigenvalue weighted by Gasteiger charge is -2.33. The van der Waals surface area contributed by atoms with Gasteiger partial charge in [-0.05, 0) is 47.0 Å². The molecule has 0 bridgehead atoms. The fourth-order valence-corrected chi connectivity index (χ4v) is 3.49. The summed E-state index contributed by atoms with van der Waals surface area (Å²) in [4.78, 5) is 2.51. The molecule has 4 heteroatoms. The summed E-state index contributed by atoms with van der Waals surface area (Å²) in [6, 6.07) is 19.1. The minimum absolute atomic E-state index is 0.860. The molecule has 1 fully saturated rings. The molecule has 0 unspecified atom stereocenters. The molecule has 3 aromatic rings. The van der Waals surface area contributed by atoms with Crippen molar-refractivity contribution in [1.29, 1.82) is 0 Å². The Kier molecular flexibility index (Phi) is 5.35. The van der Waals surface area contributed by atoms with E-state index in [2.05, 4.69) is 57.5 Å². The average Bonchev–Trinajstić information content (AvgIpc) is 3.21. The smallest absolute Gasteiger partial charge is 0.126 e. The molecule has 0 saturated carbocycles. The number of hydrogen-bond acceptors (Lipinski definition) is 4. The summed E-state index contributed by atoms with van der Waals surface area (Å²) in [6.45, 7) is 7.01. The van der Waals surface area contributed by atoms with Crippen LogP contribution in [0.3, 0.4) is 0 Å². The van der Waals surface area contributed by atoms with Crippen LogP contribution in [0.2, 0.25) is 0 Å². The number of hydrazone groups is 1. The van der Waals surface area contributed by atoms with Crippen LogP contribution in [0.5, 0.6) is 0 Å². The van der Waals surface area contributed by atoms with E-state index in [0.717, 1.165) is 44.1 Å². The van der Waals surface area contributed by atoms with Crippen LogP contribution >= 0.6 is 0 Å². The molecule has 0 spiro atoms. The van der Waals surface area contributed by atoms with Gasteiger partial charge in [0.05, 0.1) is 12.5 Å². The van der Waals surface area contributed by atoms with Gasteiger partial charge in [0, 0.05) is 32.7 Å². The Morgan fingerprint density at radius 2 is 1.81 bits per heavy atom. The predicted molar refractivity (Wildman–Crippen MR) is 112 cm³/mol. The summed E-state index contributed by atoms with van der Waals surface area (Å²) in [5.41, 5.74) is 2.49. The average molecular weight is 359 g/mol. The Morgan fingerprint density at radius 1 is 1.00 bits per heavy atom. The highest BCUT2D eigenvalue weighted by Crippen LogP contribution is 2.20. The fraction of sp³-hybridized carbons (Fsp3) is 0.261. The minimum Gasteiger partial charge on any atom is -0.465 e. The maximum absolute atomic E-state index is 5.34. The Bertz CT molecular complexity index is 930. The molecule has 138 valence electrons. The van der Waals surface area contributed by atoms with E-state index in [-0.39, 0.29) is 0 Å². The molecule has 0 aliphatic carbocycles. The van der Waals surface area contributed by atoms with Crippen molar-refractivity contribution in [2.45, 2.75) is 13.5 Å². The minimum atomic E-state index is 0.860. The number of allylic oxidation sites excluding steroid dienone is 1. The standard InChI is InChI=1S/C23H25N3O/c1-19(16-22-9-5-15-27-22)17-24-26-13-11-25(12-14-26)18-21-8-4-7-20-6-2-3-10-23(20)21/h2-10,15-17H,11-14,18H2,1H3/b19-16-,24-17+. The Hall–Kier alpha value is -2.85. The summed E-state index contributed by atoms with van der Waals surface area (Å²) in [5, 5.41) is 9.46. The second-order valence-electron chi connectivity index (χ2n) is 7.02. The first-order valence-electron chi connectivity index (χ1n) is 9.48. The highest BCUT2D eigenvalue weighted by molar-refractivity contribution is 5.85. The van der Waals surface area contributed by atoms with Crippen LogP contribution in [0.4, 0.5) is 0 Å². The molecule has 0 atom stereocenters. The molecule has 2 aromatic carbocycles. The van der Waals surface area contributed by atoms with Crippen LogP contribution < -0.4 is 0 Å². The van der Waals surface area contributed by atoms with Crippen LogP contribution in [0.15, 0.2) is 76.0 Å². The summed E-state index contributed by atoms with van der Waals surface area (Å²) in [6.07, 6.45) is 5.61. The summed E-state index contributed by atoms with van der Waals surface area (Å²) >= 11 is 0. The van der Waals surface area contributed by atoms with Crippen molar-refractivity contribution in [3.8, 4) is 0 Å². The lowest BCUT2D eigenvalue weighted by atomic mass is 10.0. The highest BCUT2D eigenvalue weighted by Gasteiger charge is 2.16. The van der Waals surface area contributed by atoms with Gasteiger partial charge in [0.25, 0.3) is 0 Å².